The van der Waals surface area contributed by atoms with E-state index in [0.29, 0.717) is 22.1 Å². The average Bonchev–Trinajstić information content (AvgIpc) is 3.32. The maximum Gasteiger partial charge on any atom is 0.258 e. The number of carbonyl (C=O) groups is 1. The maximum absolute atomic E-state index is 12.5. The van der Waals surface area contributed by atoms with Crippen molar-refractivity contribution in [2.45, 2.75) is 6.92 Å². The zero-order valence-electron chi connectivity index (χ0n) is 14.3. The molecule has 0 fully saturated rings. The first-order valence-electron chi connectivity index (χ1n) is 8.20. The zero-order valence-corrected chi connectivity index (χ0v) is 15.1. The van der Waals surface area contributed by atoms with Crippen LogP contribution in [0.15, 0.2) is 60.9 Å². The molecule has 4 rings (SSSR count). The van der Waals surface area contributed by atoms with E-state index in [0.717, 1.165) is 17.1 Å². The molecule has 7 nitrogen and oxygen atoms in total. The minimum atomic E-state index is -0.239. The molecular weight excluding hydrogens is 364 g/mol. The number of aryl methyl sites for hydroxylation is 1. The Bertz CT molecular complexity index is 1080. The van der Waals surface area contributed by atoms with E-state index in [-0.39, 0.29) is 5.91 Å². The van der Waals surface area contributed by atoms with Gasteiger partial charge in [-0.1, -0.05) is 11.6 Å². The number of benzene rings is 2. The van der Waals surface area contributed by atoms with E-state index in [1.807, 2.05) is 43.3 Å². The fraction of sp³-hybridized carbons (Fsp3) is 0.0526. The summed E-state index contributed by atoms with van der Waals surface area (Å²) in [6.45, 7) is 1.84. The van der Waals surface area contributed by atoms with Crippen LogP contribution in [0, 0.1) is 6.92 Å². The number of hydrogen-bond acceptors (Lipinski definition) is 4. The summed E-state index contributed by atoms with van der Waals surface area (Å²) in [4.78, 5) is 16.7. The number of nitrogens with one attached hydrogen (secondary N) is 2. The third-order valence-corrected chi connectivity index (χ3v) is 4.19. The molecule has 2 aromatic carbocycles. The summed E-state index contributed by atoms with van der Waals surface area (Å²) in [6.07, 6.45) is 3.19. The molecule has 0 saturated carbocycles. The zero-order chi connectivity index (χ0) is 18.8. The second kappa shape index (κ2) is 7.05. The van der Waals surface area contributed by atoms with Crippen LogP contribution in [0.1, 0.15) is 16.2 Å². The van der Waals surface area contributed by atoms with Gasteiger partial charge in [0.2, 0.25) is 0 Å². The number of rotatable bonds is 4. The average molecular weight is 379 g/mol. The number of aromatic amines is 1. The van der Waals surface area contributed by atoms with Crippen LogP contribution in [-0.4, -0.2) is 30.9 Å². The number of aromatic nitrogens is 5. The lowest BCUT2D eigenvalue weighted by Crippen LogP contribution is -2.11. The molecule has 2 heterocycles. The van der Waals surface area contributed by atoms with Crippen LogP contribution < -0.4 is 5.32 Å². The molecule has 2 N–H and O–H groups in total. The van der Waals surface area contributed by atoms with Crippen molar-refractivity contribution in [3.63, 3.8) is 0 Å². The lowest BCUT2D eigenvalue weighted by molar-refractivity contribution is 0.102. The standard InChI is InChI=1S/C19H15ClN6O/c1-12-22-18(25-24-12)13-2-6-16(7-3-13)23-19(27)14-10-21-26(11-14)17-8-4-15(20)5-9-17/h2-11H,1H3,(H,23,27)(H,22,24,25). The summed E-state index contributed by atoms with van der Waals surface area (Å²) in [5.74, 6) is 1.13. The van der Waals surface area contributed by atoms with E-state index in [2.05, 4.69) is 25.6 Å². The molecule has 0 bridgehead atoms. The second-order valence-corrected chi connectivity index (χ2v) is 6.36. The van der Waals surface area contributed by atoms with Gasteiger partial charge in [0.05, 0.1) is 17.4 Å². The molecule has 27 heavy (non-hydrogen) atoms. The van der Waals surface area contributed by atoms with E-state index in [1.165, 1.54) is 6.20 Å². The van der Waals surface area contributed by atoms with Gasteiger partial charge in [-0.05, 0) is 55.5 Å². The number of halogens is 1. The first-order chi connectivity index (χ1) is 13.1. The van der Waals surface area contributed by atoms with Crippen molar-refractivity contribution in [3.8, 4) is 17.1 Å². The van der Waals surface area contributed by atoms with Crippen molar-refractivity contribution in [2.24, 2.45) is 0 Å². The number of nitrogens with zero attached hydrogens (tertiary/aromatic N) is 4. The fourth-order valence-electron chi connectivity index (χ4n) is 2.55. The molecule has 0 atom stereocenters. The first kappa shape index (κ1) is 17.0. The number of carbonyl (C=O) groups excluding carboxylic acids is 1. The number of amides is 1. The van der Waals surface area contributed by atoms with Gasteiger partial charge in [0, 0.05) is 22.5 Å². The molecule has 0 spiro atoms. The predicted octanol–water partition coefficient (Wildman–Crippen LogP) is 3.87. The highest BCUT2D eigenvalue weighted by atomic mass is 35.5. The molecule has 0 unspecified atom stereocenters. The van der Waals surface area contributed by atoms with Crippen LogP contribution in [0.2, 0.25) is 5.02 Å². The highest BCUT2D eigenvalue weighted by Gasteiger charge is 2.11. The molecular formula is C19H15ClN6O. The van der Waals surface area contributed by atoms with Crippen molar-refractivity contribution in [2.75, 3.05) is 5.32 Å². The molecule has 0 aliphatic carbocycles. The topological polar surface area (TPSA) is 88.5 Å². The quantitative estimate of drug-likeness (QED) is 0.564. The van der Waals surface area contributed by atoms with E-state index in [9.17, 15) is 4.79 Å². The molecule has 0 saturated heterocycles. The van der Waals surface area contributed by atoms with Crippen molar-refractivity contribution in [3.05, 3.63) is 77.3 Å². The molecule has 1 amide bonds. The Balaban J connectivity index is 1.47. The Morgan fingerprint density at radius 3 is 2.52 bits per heavy atom. The van der Waals surface area contributed by atoms with Crippen molar-refractivity contribution < 1.29 is 4.79 Å². The third kappa shape index (κ3) is 3.73. The Kier molecular flexibility index (Phi) is 4.43. The van der Waals surface area contributed by atoms with E-state index < -0.39 is 0 Å². The normalized spacial score (nSPS) is 10.7. The highest BCUT2D eigenvalue weighted by molar-refractivity contribution is 6.30. The van der Waals surface area contributed by atoms with E-state index in [4.69, 9.17) is 11.6 Å². The monoisotopic (exact) mass is 378 g/mol. The molecule has 4 aromatic rings. The Hall–Kier alpha value is -3.45. The summed E-state index contributed by atoms with van der Waals surface area (Å²) in [7, 11) is 0. The smallest absolute Gasteiger partial charge is 0.258 e. The number of H-pyrrole nitrogens is 1. The molecule has 2 aromatic heterocycles. The minimum absolute atomic E-state index is 0.239. The van der Waals surface area contributed by atoms with Gasteiger partial charge in [-0.25, -0.2) is 9.67 Å². The first-order valence-corrected chi connectivity index (χ1v) is 8.58. The number of hydrogen-bond donors (Lipinski definition) is 2. The molecule has 134 valence electrons. The molecule has 0 radical (unpaired) electrons. The van der Waals surface area contributed by atoms with E-state index in [1.54, 1.807) is 23.0 Å². The summed E-state index contributed by atoms with van der Waals surface area (Å²) in [6, 6.07) is 14.5. The van der Waals surface area contributed by atoms with Gasteiger partial charge < -0.3 is 5.32 Å². The summed E-state index contributed by atoms with van der Waals surface area (Å²) < 4.78 is 1.62. The van der Waals surface area contributed by atoms with Gasteiger partial charge in [0.1, 0.15) is 5.82 Å². The van der Waals surface area contributed by atoms with Gasteiger partial charge in [-0.15, -0.1) is 0 Å². The summed E-state index contributed by atoms with van der Waals surface area (Å²) in [5, 5.41) is 14.7. The van der Waals surface area contributed by atoms with Gasteiger partial charge in [0.25, 0.3) is 5.91 Å². The van der Waals surface area contributed by atoms with Crippen molar-refractivity contribution >= 4 is 23.2 Å². The summed E-state index contributed by atoms with van der Waals surface area (Å²) >= 11 is 5.89. The largest absolute Gasteiger partial charge is 0.322 e. The fourth-order valence-corrected chi connectivity index (χ4v) is 2.68. The lowest BCUT2D eigenvalue weighted by Gasteiger charge is -2.04. The predicted molar refractivity (Wildman–Crippen MR) is 103 cm³/mol. The molecule has 0 aliphatic rings. The third-order valence-electron chi connectivity index (χ3n) is 3.93. The van der Waals surface area contributed by atoms with Crippen LogP contribution >= 0.6 is 11.6 Å². The maximum atomic E-state index is 12.5. The van der Waals surface area contributed by atoms with Crippen LogP contribution in [0.5, 0.6) is 0 Å². The van der Waals surface area contributed by atoms with Gasteiger partial charge in [-0.2, -0.15) is 10.2 Å². The van der Waals surface area contributed by atoms with Gasteiger partial charge >= 0.3 is 0 Å². The Labute approximate surface area is 160 Å². The second-order valence-electron chi connectivity index (χ2n) is 5.93. The number of anilines is 1. The summed E-state index contributed by atoms with van der Waals surface area (Å²) in [5.41, 5.74) is 2.83. The lowest BCUT2D eigenvalue weighted by atomic mass is 10.2. The SMILES string of the molecule is Cc1nc(-c2ccc(NC(=O)c3cnn(-c4ccc(Cl)cc4)c3)cc2)n[nH]1. The van der Waals surface area contributed by atoms with Crippen LogP contribution in [-0.2, 0) is 0 Å². The minimum Gasteiger partial charge on any atom is -0.322 e. The Morgan fingerprint density at radius 2 is 1.85 bits per heavy atom. The van der Waals surface area contributed by atoms with Gasteiger partial charge in [-0.3, -0.25) is 9.89 Å². The van der Waals surface area contributed by atoms with Crippen LogP contribution in [0.4, 0.5) is 5.69 Å². The molecule has 0 aliphatic heterocycles. The van der Waals surface area contributed by atoms with Crippen LogP contribution in [0.3, 0.4) is 0 Å². The Morgan fingerprint density at radius 1 is 1.11 bits per heavy atom. The van der Waals surface area contributed by atoms with Crippen molar-refractivity contribution in [1.29, 1.82) is 0 Å². The molecule has 8 heteroatoms. The highest BCUT2D eigenvalue weighted by Crippen LogP contribution is 2.19. The van der Waals surface area contributed by atoms with E-state index >= 15 is 0 Å². The van der Waals surface area contributed by atoms with Gasteiger partial charge in [0.15, 0.2) is 5.82 Å². The van der Waals surface area contributed by atoms with Crippen LogP contribution in [0.25, 0.3) is 17.1 Å². The van der Waals surface area contributed by atoms with Crippen molar-refractivity contribution in [1.82, 2.24) is 25.0 Å².